The van der Waals surface area contributed by atoms with Gasteiger partial charge < -0.3 is 24.8 Å². The number of nitrogens with one attached hydrogen (secondary N) is 2. The Bertz CT molecular complexity index is 1750. The fraction of sp³-hybridized carbons (Fsp3) is 0.314. The first-order valence-electron chi connectivity index (χ1n) is 15.5. The second-order valence-corrected chi connectivity index (χ2v) is 11.6. The number of pyridine rings is 2. The molecule has 2 aliphatic rings. The highest BCUT2D eigenvalue weighted by molar-refractivity contribution is 6.32. The van der Waals surface area contributed by atoms with Crippen LogP contribution in [-0.4, -0.2) is 59.7 Å². The van der Waals surface area contributed by atoms with Gasteiger partial charge in [-0.15, -0.1) is 0 Å². The van der Waals surface area contributed by atoms with Gasteiger partial charge in [-0.25, -0.2) is 0 Å². The van der Waals surface area contributed by atoms with E-state index in [2.05, 4.69) is 31.6 Å². The maximum absolute atomic E-state index is 13.2. The quantitative estimate of drug-likeness (QED) is 0.174. The molecule has 236 valence electrons. The van der Waals surface area contributed by atoms with Gasteiger partial charge in [0.1, 0.15) is 36.0 Å². The summed E-state index contributed by atoms with van der Waals surface area (Å²) in [5, 5.41) is 17.4. The minimum Gasteiger partial charge on any atom is -0.486 e. The number of nitrogens with zero attached hydrogens (tertiary/aromatic N) is 4. The number of rotatable bonds is 11. The molecular weight excluding hydrogens is 604 g/mol. The fourth-order valence-electron chi connectivity index (χ4n) is 5.56. The summed E-state index contributed by atoms with van der Waals surface area (Å²) in [6.07, 6.45) is 10.9. The molecule has 2 fully saturated rings. The minimum atomic E-state index is -0.286. The highest BCUT2D eigenvalue weighted by atomic mass is 35.5. The van der Waals surface area contributed by atoms with Crippen LogP contribution >= 0.6 is 11.6 Å². The predicted molar refractivity (Wildman–Crippen MR) is 178 cm³/mol. The first-order valence-corrected chi connectivity index (χ1v) is 15.8. The lowest BCUT2D eigenvalue weighted by atomic mass is 10.1. The van der Waals surface area contributed by atoms with Crippen LogP contribution in [0.1, 0.15) is 36.9 Å². The Morgan fingerprint density at radius 3 is 2.74 bits per heavy atom. The molecule has 0 saturated carbocycles. The van der Waals surface area contributed by atoms with Gasteiger partial charge in [-0.2, -0.15) is 5.26 Å². The van der Waals surface area contributed by atoms with Crippen molar-refractivity contribution in [1.82, 2.24) is 14.9 Å². The molecule has 0 spiro atoms. The van der Waals surface area contributed by atoms with E-state index in [0.29, 0.717) is 63.3 Å². The van der Waals surface area contributed by atoms with Gasteiger partial charge in [0.05, 0.1) is 40.7 Å². The van der Waals surface area contributed by atoms with Crippen molar-refractivity contribution in [3.8, 4) is 17.6 Å². The van der Waals surface area contributed by atoms with E-state index in [1.807, 2.05) is 36.4 Å². The smallest absolute Gasteiger partial charge is 0.248 e. The maximum Gasteiger partial charge on any atom is 0.248 e. The molecule has 2 N–H and O–H groups in total. The molecule has 1 atom stereocenters. The summed E-state index contributed by atoms with van der Waals surface area (Å²) in [5.74, 6) is 0.709. The molecule has 2 saturated heterocycles. The SMILES string of the molecule is N#Cc1cnc2c(NC(=O)/C=C/CN3CCCCC3)c(O[C@H]3CCOC3)ccc2c1Nc1ccc(OCc2ccccn2)c(Cl)c1. The van der Waals surface area contributed by atoms with Gasteiger partial charge in [0.15, 0.2) is 0 Å². The summed E-state index contributed by atoms with van der Waals surface area (Å²) in [4.78, 5) is 24.4. The molecule has 11 heteroatoms. The molecule has 4 aromatic rings. The zero-order chi connectivity index (χ0) is 31.7. The largest absolute Gasteiger partial charge is 0.486 e. The second-order valence-electron chi connectivity index (χ2n) is 11.2. The lowest BCUT2D eigenvalue weighted by Crippen LogP contribution is -2.29. The predicted octanol–water partition coefficient (Wildman–Crippen LogP) is 6.63. The number of anilines is 3. The number of halogens is 1. The van der Waals surface area contributed by atoms with E-state index in [9.17, 15) is 10.1 Å². The number of benzene rings is 2. The molecule has 46 heavy (non-hydrogen) atoms. The molecule has 4 heterocycles. The number of fused-ring (bicyclic) bond motifs is 1. The van der Waals surface area contributed by atoms with E-state index in [0.717, 1.165) is 31.7 Å². The Labute approximate surface area is 272 Å². The van der Waals surface area contributed by atoms with Crippen LogP contribution in [0.3, 0.4) is 0 Å². The van der Waals surface area contributed by atoms with E-state index in [1.54, 1.807) is 30.5 Å². The normalized spacial score (nSPS) is 16.7. The maximum atomic E-state index is 13.2. The van der Waals surface area contributed by atoms with Crippen LogP contribution in [0, 0.1) is 11.3 Å². The molecule has 2 aromatic heterocycles. The number of likely N-dealkylation sites (tertiary alicyclic amines) is 1. The molecule has 0 aliphatic carbocycles. The monoisotopic (exact) mass is 638 g/mol. The Morgan fingerprint density at radius 1 is 1.11 bits per heavy atom. The standard InChI is InChI=1S/C35H35ClN6O4/c36-29-19-25(9-11-30(29)45-22-26-7-2-3-14-38-26)40-33-24(20-37)21-39-34-28(33)10-12-31(46-27-13-18-44-23-27)35(34)41-32(43)8-6-17-42-15-4-1-5-16-42/h2-3,6-12,14,19,21,27H,1,4-5,13,15-18,22-23H2,(H,39,40)(H,41,43)/b8-6+/t27-/m0/s1. The summed E-state index contributed by atoms with van der Waals surface area (Å²) in [6, 6.07) is 16.8. The summed E-state index contributed by atoms with van der Waals surface area (Å²) >= 11 is 6.58. The van der Waals surface area contributed by atoms with E-state index < -0.39 is 0 Å². The van der Waals surface area contributed by atoms with Gasteiger partial charge in [0, 0.05) is 42.5 Å². The van der Waals surface area contributed by atoms with Gasteiger partial charge in [-0.1, -0.05) is 30.2 Å². The molecular formula is C35H35ClN6O4. The summed E-state index contributed by atoms with van der Waals surface area (Å²) < 4.78 is 17.7. The number of aromatic nitrogens is 2. The van der Waals surface area contributed by atoms with Crippen molar-refractivity contribution < 1.29 is 19.0 Å². The van der Waals surface area contributed by atoms with Crippen molar-refractivity contribution in [2.45, 2.75) is 38.4 Å². The summed E-state index contributed by atoms with van der Waals surface area (Å²) in [6.45, 7) is 4.18. The van der Waals surface area contributed by atoms with Crippen molar-refractivity contribution in [2.24, 2.45) is 0 Å². The van der Waals surface area contributed by atoms with Gasteiger partial charge >= 0.3 is 0 Å². The van der Waals surface area contributed by atoms with E-state index >= 15 is 0 Å². The Balaban J connectivity index is 1.27. The Kier molecular flexibility index (Phi) is 10.2. The fourth-order valence-corrected chi connectivity index (χ4v) is 5.80. The van der Waals surface area contributed by atoms with Crippen LogP contribution in [0.5, 0.6) is 11.5 Å². The molecule has 0 unspecified atom stereocenters. The van der Waals surface area contributed by atoms with Crippen LogP contribution in [0.4, 0.5) is 17.1 Å². The average molecular weight is 639 g/mol. The topological polar surface area (TPSA) is 122 Å². The number of carbonyl (C=O) groups is 1. The second kappa shape index (κ2) is 15.1. The van der Waals surface area contributed by atoms with Gasteiger partial charge in [-0.05, 0) is 68.4 Å². The first-order chi connectivity index (χ1) is 22.6. The summed E-state index contributed by atoms with van der Waals surface area (Å²) in [7, 11) is 0. The molecule has 10 nitrogen and oxygen atoms in total. The van der Waals surface area contributed by atoms with Crippen LogP contribution in [0.15, 0.2) is 73.1 Å². The third-order valence-electron chi connectivity index (χ3n) is 7.94. The van der Waals surface area contributed by atoms with E-state index in [4.69, 9.17) is 25.8 Å². The zero-order valence-electron chi connectivity index (χ0n) is 25.4. The third kappa shape index (κ3) is 7.74. The van der Waals surface area contributed by atoms with Crippen molar-refractivity contribution in [1.29, 1.82) is 5.26 Å². The molecule has 6 rings (SSSR count). The van der Waals surface area contributed by atoms with Gasteiger partial charge in [-0.3, -0.25) is 19.7 Å². The van der Waals surface area contributed by atoms with E-state index in [-0.39, 0.29) is 18.6 Å². The third-order valence-corrected chi connectivity index (χ3v) is 8.23. The summed E-state index contributed by atoms with van der Waals surface area (Å²) in [5.41, 5.74) is 3.20. The van der Waals surface area contributed by atoms with Gasteiger partial charge in [0.2, 0.25) is 5.91 Å². The van der Waals surface area contributed by atoms with Crippen molar-refractivity contribution in [3.05, 3.63) is 89.4 Å². The van der Waals surface area contributed by atoms with Crippen molar-refractivity contribution >= 4 is 45.5 Å². The highest BCUT2D eigenvalue weighted by Crippen LogP contribution is 2.39. The Morgan fingerprint density at radius 2 is 1.98 bits per heavy atom. The molecule has 0 radical (unpaired) electrons. The lowest BCUT2D eigenvalue weighted by Gasteiger charge is -2.24. The number of amides is 1. The number of nitriles is 1. The van der Waals surface area contributed by atoms with Crippen LogP contribution < -0.4 is 20.1 Å². The molecule has 2 aliphatic heterocycles. The zero-order valence-corrected chi connectivity index (χ0v) is 26.1. The number of carbonyl (C=O) groups excluding carboxylic acids is 1. The van der Waals surface area contributed by atoms with Crippen LogP contribution in [-0.2, 0) is 16.1 Å². The number of hydrogen-bond donors (Lipinski definition) is 2. The van der Waals surface area contributed by atoms with Crippen LogP contribution in [0.2, 0.25) is 5.02 Å². The number of ether oxygens (including phenoxy) is 3. The Hall–Kier alpha value is -4.69. The lowest BCUT2D eigenvalue weighted by molar-refractivity contribution is -0.111. The van der Waals surface area contributed by atoms with Crippen LogP contribution in [0.25, 0.3) is 10.9 Å². The van der Waals surface area contributed by atoms with E-state index in [1.165, 1.54) is 25.5 Å². The first kappa shape index (κ1) is 31.3. The number of hydrogen-bond acceptors (Lipinski definition) is 9. The molecule has 0 bridgehead atoms. The van der Waals surface area contributed by atoms with Crippen molar-refractivity contribution in [3.63, 3.8) is 0 Å². The minimum absolute atomic E-state index is 0.140. The van der Waals surface area contributed by atoms with Gasteiger partial charge in [0.25, 0.3) is 0 Å². The highest BCUT2D eigenvalue weighted by Gasteiger charge is 2.22. The molecule has 1 amide bonds. The average Bonchev–Trinajstić information content (AvgIpc) is 3.60. The molecule has 2 aromatic carbocycles. The number of piperidine rings is 1. The van der Waals surface area contributed by atoms with Crippen molar-refractivity contribution in [2.75, 3.05) is 43.5 Å².